The van der Waals surface area contributed by atoms with E-state index in [2.05, 4.69) is 10.1 Å². The number of aromatic hydroxyl groups is 1. The van der Waals surface area contributed by atoms with Gasteiger partial charge in [-0.2, -0.15) is 0 Å². The monoisotopic (exact) mass is 370 g/mol. The lowest BCUT2D eigenvalue weighted by atomic mass is 9.99. The van der Waals surface area contributed by atoms with Crippen LogP contribution in [0.1, 0.15) is 33.9 Å². The van der Waals surface area contributed by atoms with Gasteiger partial charge in [0.25, 0.3) is 0 Å². The summed E-state index contributed by atoms with van der Waals surface area (Å²) < 4.78 is 10.2. The normalized spacial score (nSPS) is 13.9. The first kappa shape index (κ1) is 18.6. The smallest absolute Gasteiger partial charge is 0.341 e. The zero-order valence-corrected chi connectivity index (χ0v) is 15.3. The van der Waals surface area contributed by atoms with Crippen LogP contribution in [-0.4, -0.2) is 42.2 Å². The molecule has 2 aromatic rings. The molecular weight excluding hydrogens is 348 g/mol. The van der Waals surface area contributed by atoms with Gasteiger partial charge in [-0.05, 0) is 42.7 Å². The third-order valence-electron chi connectivity index (χ3n) is 4.52. The fraction of sp³-hybridized carbons (Fsp3) is 0.300. The number of benzene rings is 1. The lowest BCUT2D eigenvalue weighted by molar-refractivity contribution is 0.0598. The Labute approximate surface area is 157 Å². The molecule has 0 aliphatic carbocycles. The molecular formula is C20H22N2O5. The van der Waals surface area contributed by atoms with Crippen LogP contribution in [0.15, 0.2) is 40.8 Å². The Balaban J connectivity index is 1.55. The Bertz CT molecular complexity index is 867. The van der Waals surface area contributed by atoms with Crippen molar-refractivity contribution < 1.29 is 23.8 Å². The van der Waals surface area contributed by atoms with Crippen molar-refractivity contribution in [2.75, 3.05) is 20.2 Å². The number of furan rings is 1. The fourth-order valence-electron chi connectivity index (χ4n) is 3.01. The maximum atomic E-state index is 12.4. The second kappa shape index (κ2) is 7.99. The van der Waals surface area contributed by atoms with Crippen LogP contribution in [0.4, 0.5) is 4.79 Å². The predicted octanol–water partition coefficient (Wildman–Crippen LogP) is 3.08. The first-order chi connectivity index (χ1) is 13.0. The molecule has 0 unspecified atom stereocenters. The highest BCUT2D eigenvalue weighted by molar-refractivity contribution is 5.90. The zero-order chi connectivity index (χ0) is 19.4. The van der Waals surface area contributed by atoms with Crippen molar-refractivity contribution in [3.63, 3.8) is 0 Å². The Morgan fingerprint density at radius 1 is 1.30 bits per heavy atom. The van der Waals surface area contributed by atoms with Crippen LogP contribution in [0.5, 0.6) is 5.75 Å². The number of methoxy groups -OCH3 is 1. The van der Waals surface area contributed by atoms with E-state index in [9.17, 15) is 14.7 Å². The van der Waals surface area contributed by atoms with Gasteiger partial charge in [0.15, 0.2) is 0 Å². The lowest BCUT2D eigenvalue weighted by Gasteiger charge is -2.26. The Morgan fingerprint density at radius 3 is 2.67 bits per heavy atom. The number of amides is 2. The minimum Gasteiger partial charge on any atom is -0.508 e. The molecule has 7 heteroatoms. The highest BCUT2D eigenvalue weighted by Gasteiger charge is 2.19. The number of aryl methyl sites for hydroxylation is 1. The number of ether oxygens (including phenoxy) is 1. The summed E-state index contributed by atoms with van der Waals surface area (Å²) in [5, 5.41) is 12.2. The Hall–Kier alpha value is -3.22. The summed E-state index contributed by atoms with van der Waals surface area (Å²) in [6, 6.07) is 8.45. The van der Waals surface area contributed by atoms with E-state index < -0.39 is 5.97 Å². The molecule has 1 aromatic heterocycles. The van der Waals surface area contributed by atoms with Gasteiger partial charge in [-0.15, -0.1) is 0 Å². The van der Waals surface area contributed by atoms with Gasteiger partial charge in [0.2, 0.25) is 0 Å². The van der Waals surface area contributed by atoms with Crippen LogP contribution in [-0.2, 0) is 11.3 Å². The van der Waals surface area contributed by atoms with Gasteiger partial charge in [0.1, 0.15) is 22.8 Å². The van der Waals surface area contributed by atoms with E-state index in [-0.39, 0.29) is 18.3 Å². The van der Waals surface area contributed by atoms with Crippen LogP contribution in [0.25, 0.3) is 5.57 Å². The number of phenols is 1. The van der Waals surface area contributed by atoms with Crippen molar-refractivity contribution in [3.05, 3.63) is 59.1 Å². The van der Waals surface area contributed by atoms with E-state index in [0.29, 0.717) is 30.2 Å². The van der Waals surface area contributed by atoms with Gasteiger partial charge in [-0.1, -0.05) is 18.2 Å². The van der Waals surface area contributed by atoms with E-state index in [0.717, 1.165) is 17.6 Å². The third kappa shape index (κ3) is 4.31. The number of carbonyl (C=O) groups is 2. The summed E-state index contributed by atoms with van der Waals surface area (Å²) >= 11 is 0. The quantitative estimate of drug-likeness (QED) is 0.807. The van der Waals surface area contributed by atoms with E-state index in [1.165, 1.54) is 7.11 Å². The summed E-state index contributed by atoms with van der Waals surface area (Å²) in [4.78, 5) is 25.7. The maximum Gasteiger partial charge on any atom is 0.341 e. The summed E-state index contributed by atoms with van der Waals surface area (Å²) in [6.07, 6.45) is 2.76. The molecule has 2 amide bonds. The summed E-state index contributed by atoms with van der Waals surface area (Å²) in [6.45, 7) is 2.98. The minimum atomic E-state index is -0.461. The van der Waals surface area contributed by atoms with Crippen molar-refractivity contribution in [2.24, 2.45) is 0 Å². The summed E-state index contributed by atoms with van der Waals surface area (Å²) in [7, 11) is 1.31. The molecule has 1 aromatic carbocycles. The molecule has 0 bridgehead atoms. The SMILES string of the molecule is COC(=O)c1cc(CNC(=O)N2CC=C(c3ccc(O)cc3)CC2)oc1C. The van der Waals surface area contributed by atoms with Crippen LogP contribution in [0.3, 0.4) is 0 Å². The number of rotatable bonds is 4. The largest absolute Gasteiger partial charge is 0.508 e. The van der Waals surface area contributed by atoms with E-state index in [4.69, 9.17) is 4.42 Å². The molecule has 0 atom stereocenters. The number of phenolic OH excluding ortho intramolecular Hbond substituents is 1. The maximum absolute atomic E-state index is 12.4. The molecule has 3 rings (SSSR count). The van der Waals surface area contributed by atoms with E-state index in [1.54, 1.807) is 30.0 Å². The standard InChI is InChI=1S/C20H22N2O5/c1-13-18(19(24)26-2)11-17(27-13)12-21-20(25)22-9-7-15(8-10-22)14-3-5-16(23)6-4-14/h3-7,11,23H,8-10,12H2,1-2H3,(H,21,25). The molecule has 7 nitrogen and oxygen atoms in total. The molecule has 0 saturated heterocycles. The van der Waals surface area contributed by atoms with Gasteiger partial charge < -0.3 is 24.5 Å². The first-order valence-electron chi connectivity index (χ1n) is 8.66. The molecule has 27 heavy (non-hydrogen) atoms. The molecule has 142 valence electrons. The van der Waals surface area contributed by atoms with Gasteiger partial charge in [-0.3, -0.25) is 0 Å². The number of hydrogen-bond acceptors (Lipinski definition) is 5. The number of nitrogens with zero attached hydrogens (tertiary/aromatic N) is 1. The van der Waals surface area contributed by atoms with Gasteiger partial charge in [0.05, 0.1) is 13.7 Å². The second-order valence-electron chi connectivity index (χ2n) is 6.31. The predicted molar refractivity (Wildman–Crippen MR) is 99.3 cm³/mol. The number of hydrogen-bond donors (Lipinski definition) is 2. The van der Waals surface area contributed by atoms with Crippen molar-refractivity contribution in [1.82, 2.24) is 10.2 Å². The number of nitrogens with one attached hydrogen (secondary N) is 1. The summed E-state index contributed by atoms with van der Waals surface area (Å²) in [5.41, 5.74) is 2.57. The van der Waals surface area contributed by atoms with Crippen LogP contribution in [0.2, 0.25) is 0 Å². The molecule has 2 heterocycles. The highest BCUT2D eigenvalue weighted by atomic mass is 16.5. The van der Waals surface area contributed by atoms with E-state index >= 15 is 0 Å². The minimum absolute atomic E-state index is 0.190. The number of carbonyl (C=O) groups excluding carboxylic acids is 2. The van der Waals surface area contributed by atoms with Gasteiger partial charge in [0, 0.05) is 13.1 Å². The van der Waals surface area contributed by atoms with Crippen molar-refractivity contribution in [2.45, 2.75) is 19.9 Å². The van der Waals surface area contributed by atoms with Crippen LogP contribution >= 0.6 is 0 Å². The van der Waals surface area contributed by atoms with Crippen molar-refractivity contribution in [1.29, 1.82) is 0 Å². The molecule has 0 spiro atoms. The van der Waals surface area contributed by atoms with Crippen molar-refractivity contribution >= 4 is 17.6 Å². The van der Waals surface area contributed by atoms with Gasteiger partial charge in [-0.25, -0.2) is 9.59 Å². The Morgan fingerprint density at radius 2 is 2.04 bits per heavy atom. The Kier molecular flexibility index (Phi) is 5.49. The average Bonchev–Trinajstić information content (AvgIpc) is 3.07. The molecule has 1 aliphatic rings. The molecule has 0 radical (unpaired) electrons. The fourth-order valence-corrected chi connectivity index (χ4v) is 3.01. The van der Waals surface area contributed by atoms with Crippen LogP contribution < -0.4 is 5.32 Å². The van der Waals surface area contributed by atoms with Crippen molar-refractivity contribution in [3.8, 4) is 5.75 Å². The average molecular weight is 370 g/mol. The highest BCUT2D eigenvalue weighted by Crippen LogP contribution is 2.24. The van der Waals surface area contributed by atoms with E-state index in [1.807, 2.05) is 18.2 Å². The van der Waals surface area contributed by atoms with Gasteiger partial charge >= 0.3 is 12.0 Å². The third-order valence-corrected chi connectivity index (χ3v) is 4.52. The first-order valence-corrected chi connectivity index (χ1v) is 8.66. The molecule has 0 saturated carbocycles. The second-order valence-corrected chi connectivity index (χ2v) is 6.31. The molecule has 0 fully saturated rings. The topological polar surface area (TPSA) is 92.0 Å². The molecule has 2 N–H and O–H groups in total. The number of urea groups is 1. The number of esters is 1. The zero-order valence-electron chi connectivity index (χ0n) is 15.3. The summed E-state index contributed by atoms with van der Waals surface area (Å²) in [5.74, 6) is 0.737. The molecule has 1 aliphatic heterocycles. The van der Waals surface area contributed by atoms with Crippen LogP contribution in [0, 0.1) is 6.92 Å². The lowest BCUT2D eigenvalue weighted by Crippen LogP contribution is -2.41.